The maximum Gasteiger partial charge on any atom is 0.252 e. The van der Waals surface area contributed by atoms with Gasteiger partial charge in [0.05, 0.1) is 5.92 Å². The van der Waals surface area contributed by atoms with E-state index in [-0.39, 0.29) is 16.7 Å². The minimum absolute atomic E-state index is 0.112. The molecule has 4 heterocycles. The lowest BCUT2D eigenvalue weighted by Crippen LogP contribution is -2.43. The zero-order valence-electron chi connectivity index (χ0n) is 16.5. The van der Waals surface area contributed by atoms with Crippen LogP contribution in [0.4, 0.5) is 5.82 Å². The molecule has 12 heteroatoms. The van der Waals surface area contributed by atoms with Crippen molar-refractivity contribution >= 4 is 33.1 Å². The Morgan fingerprint density at radius 1 is 1.33 bits per heavy atom. The number of carbonyl (C=O) groups excluding carboxylic acids is 1. The topological polar surface area (TPSA) is 131 Å². The number of sulfonamides is 1. The number of amides is 1. The summed E-state index contributed by atoms with van der Waals surface area (Å²) in [6.45, 7) is 4.10. The van der Waals surface area contributed by atoms with Crippen molar-refractivity contribution in [2.24, 2.45) is 5.92 Å². The second-order valence-electron chi connectivity index (χ2n) is 7.03. The molecule has 1 amide bonds. The first kappa shape index (κ1) is 20.7. The summed E-state index contributed by atoms with van der Waals surface area (Å²) in [5.74, 6) is 1.03. The monoisotopic (exact) mass is 451 g/mol. The number of rotatable bonds is 6. The highest BCUT2D eigenvalue weighted by atomic mass is 32.2. The molecule has 160 valence electrons. The van der Waals surface area contributed by atoms with E-state index in [1.807, 2.05) is 6.92 Å². The number of hydrogen-bond acceptors (Lipinski definition) is 9. The Kier molecular flexibility index (Phi) is 5.71. The minimum atomic E-state index is -3.73. The van der Waals surface area contributed by atoms with Crippen LogP contribution < -0.4 is 5.32 Å². The molecule has 0 aliphatic carbocycles. The highest BCUT2D eigenvalue weighted by Crippen LogP contribution is 2.31. The Morgan fingerprint density at radius 3 is 2.87 bits per heavy atom. The van der Waals surface area contributed by atoms with Crippen molar-refractivity contribution in [3.63, 3.8) is 0 Å². The lowest BCUT2D eigenvalue weighted by molar-refractivity contribution is -0.120. The van der Waals surface area contributed by atoms with Gasteiger partial charge in [0.25, 0.3) is 10.0 Å². The summed E-state index contributed by atoms with van der Waals surface area (Å²) in [6, 6.07) is 3.16. The molecule has 1 fully saturated rings. The molecule has 3 aromatic heterocycles. The predicted molar refractivity (Wildman–Crippen MR) is 108 cm³/mol. The van der Waals surface area contributed by atoms with Crippen molar-refractivity contribution in [1.82, 2.24) is 19.6 Å². The lowest BCUT2D eigenvalue weighted by Gasteiger charge is -2.30. The number of aromatic nitrogens is 3. The van der Waals surface area contributed by atoms with Crippen LogP contribution in [0.1, 0.15) is 31.4 Å². The Labute approximate surface area is 177 Å². The maximum absolute atomic E-state index is 13.1. The zero-order chi connectivity index (χ0) is 21.3. The largest absolute Gasteiger partial charge is 0.360 e. The molecule has 3 aromatic rings. The Balaban J connectivity index is 1.47. The summed E-state index contributed by atoms with van der Waals surface area (Å²) in [7, 11) is -3.73. The van der Waals surface area contributed by atoms with Gasteiger partial charge in [-0.05, 0) is 25.8 Å². The van der Waals surface area contributed by atoms with Crippen molar-refractivity contribution in [3.05, 3.63) is 29.2 Å². The SMILES string of the molecule is CCc1nc(-c2csc(S(=O)(=O)N3CCC[C@@H](C(=O)Nc4cc(C)on4)C3)c2)no1. The summed E-state index contributed by atoms with van der Waals surface area (Å²) in [6.07, 6.45) is 1.80. The van der Waals surface area contributed by atoms with Crippen LogP contribution >= 0.6 is 11.3 Å². The number of nitrogens with zero attached hydrogens (tertiary/aromatic N) is 4. The van der Waals surface area contributed by atoms with Crippen LogP contribution in [-0.2, 0) is 21.2 Å². The first-order valence-corrected chi connectivity index (χ1v) is 11.8. The van der Waals surface area contributed by atoms with E-state index in [1.165, 1.54) is 4.31 Å². The molecule has 10 nitrogen and oxygen atoms in total. The number of nitrogens with one attached hydrogen (secondary N) is 1. The van der Waals surface area contributed by atoms with E-state index in [0.717, 1.165) is 11.3 Å². The molecule has 0 spiro atoms. The molecule has 1 N–H and O–H groups in total. The fourth-order valence-corrected chi connectivity index (χ4v) is 6.07. The normalized spacial score (nSPS) is 17.9. The van der Waals surface area contributed by atoms with E-state index >= 15 is 0 Å². The van der Waals surface area contributed by atoms with E-state index in [2.05, 4.69) is 20.6 Å². The maximum atomic E-state index is 13.1. The molecule has 4 rings (SSSR count). The third kappa shape index (κ3) is 4.16. The Hall–Kier alpha value is -2.57. The molecule has 1 aliphatic rings. The average molecular weight is 452 g/mol. The van der Waals surface area contributed by atoms with Gasteiger partial charge >= 0.3 is 0 Å². The molecule has 0 saturated carbocycles. The molecule has 0 aromatic carbocycles. The van der Waals surface area contributed by atoms with Crippen LogP contribution in [0.5, 0.6) is 0 Å². The van der Waals surface area contributed by atoms with Gasteiger partial charge < -0.3 is 14.4 Å². The predicted octanol–water partition coefficient (Wildman–Crippen LogP) is 2.70. The van der Waals surface area contributed by atoms with Crippen LogP contribution in [0.3, 0.4) is 0 Å². The highest BCUT2D eigenvalue weighted by molar-refractivity contribution is 7.91. The molecule has 30 heavy (non-hydrogen) atoms. The smallest absolute Gasteiger partial charge is 0.252 e. The fourth-order valence-electron chi connectivity index (χ4n) is 3.24. The van der Waals surface area contributed by atoms with Crippen molar-refractivity contribution in [1.29, 1.82) is 0 Å². The third-order valence-electron chi connectivity index (χ3n) is 4.83. The fraction of sp³-hybridized carbons (Fsp3) is 0.444. The van der Waals surface area contributed by atoms with Crippen molar-refractivity contribution in [2.75, 3.05) is 18.4 Å². The summed E-state index contributed by atoms with van der Waals surface area (Å²) in [5.41, 5.74) is 0.592. The Morgan fingerprint density at radius 2 is 2.17 bits per heavy atom. The van der Waals surface area contributed by atoms with E-state index in [1.54, 1.807) is 24.4 Å². The number of anilines is 1. The standard InChI is InChI=1S/C18H21N5O5S2/c1-3-15-20-17(22-28-15)13-8-16(29-10-13)30(25,26)23-6-4-5-12(9-23)18(24)19-14-7-11(2)27-21-14/h7-8,10,12H,3-6,9H2,1-2H3,(H,19,21,24)/t12-/m1/s1. The van der Waals surface area contributed by atoms with Gasteiger partial charge in [0, 0.05) is 36.5 Å². The molecule has 0 bridgehead atoms. The van der Waals surface area contributed by atoms with Gasteiger partial charge in [-0.1, -0.05) is 17.2 Å². The van der Waals surface area contributed by atoms with Gasteiger partial charge in [-0.3, -0.25) is 4.79 Å². The molecular formula is C18H21N5O5S2. The first-order chi connectivity index (χ1) is 14.4. The van der Waals surface area contributed by atoms with Crippen LogP contribution in [0.15, 0.2) is 30.8 Å². The second kappa shape index (κ2) is 8.28. The first-order valence-electron chi connectivity index (χ1n) is 9.52. The second-order valence-corrected chi connectivity index (χ2v) is 10.1. The van der Waals surface area contributed by atoms with Crippen LogP contribution in [-0.4, -0.2) is 47.0 Å². The van der Waals surface area contributed by atoms with Crippen molar-refractivity contribution in [2.45, 2.75) is 37.3 Å². The molecule has 1 atom stereocenters. The average Bonchev–Trinajstić information content (AvgIpc) is 3.48. The zero-order valence-corrected chi connectivity index (χ0v) is 18.1. The van der Waals surface area contributed by atoms with Gasteiger partial charge in [-0.2, -0.15) is 9.29 Å². The number of carbonyl (C=O) groups is 1. The van der Waals surface area contributed by atoms with E-state index in [0.29, 0.717) is 54.7 Å². The summed E-state index contributed by atoms with van der Waals surface area (Å²) < 4.78 is 37.9. The number of thiophene rings is 1. The van der Waals surface area contributed by atoms with E-state index < -0.39 is 15.9 Å². The summed E-state index contributed by atoms with van der Waals surface area (Å²) in [4.78, 5) is 16.8. The summed E-state index contributed by atoms with van der Waals surface area (Å²) >= 11 is 1.10. The lowest BCUT2D eigenvalue weighted by atomic mass is 9.99. The molecule has 0 radical (unpaired) electrons. The van der Waals surface area contributed by atoms with Crippen LogP contribution in [0, 0.1) is 12.8 Å². The van der Waals surface area contributed by atoms with Gasteiger partial charge in [0.1, 0.15) is 9.97 Å². The molecular weight excluding hydrogens is 430 g/mol. The van der Waals surface area contributed by atoms with E-state index in [4.69, 9.17) is 9.05 Å². The molecule has 0 unspecified atom stereocenters. The van der Waals surface area contributed by atoms with Crippen LogP contribution in [0.25, 0.3) is 11.4 Å². The van der Waals surface area contributed by atoms with Gasteiger partial charge in [0.15, 0.2) is 5.82 Å². The van der Waals surface area contributed by atoms with Crippen molar-refractivity contribution in [3.8, 4) is 11.4 Å². The summed E-state index contributed by atoms with van der Waals surface area (Å²) in [5, 5.41) is 12.0. The van der Waals surface area contributed by atoms with Gasteiger partial charge in [-0.15, -0.1) is 11.3 Å². The Bertz CT molecular complexity index is 1150. The number of aryl methyl sites for hydroxylation is 2. The number of hydrogen-bond donors (Lipinski definition) is 1. The van der Waals surface area contributed by atoms with Crippen molar-refractivity contribution < 1.29 is 22.3 Å². The highest BCUT2D eigenvalue weighted by Gasteiger charge is 2.34. The molecule has 1 aliphatic heterocycles. The van der Waals surface area contributed by atoms with E-state index in [9.17, 15) is 13.2 Å². The minimum Gasteiger partial charge on any atom is -0.360 e. The van der Waals surface area contributed by atoms with Gasteiger partial charge in [0.2, 0.25) is 17.6 Å². The molecule has 1 saturated heterocycles. The quantitative estimate of drug-likeness (QED) is 0.605. The number of piperidine rings is 1. The van der Waals surface area contributed by atoms with Gasteiger partial charge in [-0.25, -0.2) is 8.42 Å². The third-order valence-corrected chi connectivity index (χ3v) is 8.11. The van der Waals surface area contributed by atoms with Crippen LogP contribution in [0.2, 0.25) is 0 Å².